The zero-order valence-corrected chi connectivity index (χ0v) is 9.76. The summed E-state index contributed by atoms with van der Waals surface area (Å²) < 4.78 is 37.2. The molecule has 0 heterocycles. The highest BCUT2D eigenvalue weighted by Crippen LogP contribution is 2.34. The van der Waals surface area contributed by atoms with Crippen molar-refractivity contribution in [2.45, 2.75) is 6.18 Å². The van der Waals surface area contributed by atoms with E-state index >= 15 is 0 Å². The molecule has 2 aromatic carbocycles. The molecule has 0 unspecified atom stereocenters. The molecule has 0 saturated carbocycles. The zero-order valence-electron chi connectivity index (χ0n) is 9.00. The zero-order chi connectivity index (χ0) is 13.3. The third kappa shape index (κ3) is 2.59. The molecular weight excluding hydrogens is 265 g/mol. The minimum atomic E-state index is -4.35. The Morgan fingerprint density at radius 3 is 2.06 bits per heavy atom. The number of rotatable bonds is 1. The lowest BCUT2D eigenvalue weighted by atomic mass is 10.0. The van der Waals surface area contributed by atoms with Gasteiger partial charge in [-0.25, -0.2) is 0 Å². The summed E-state index contributed by atoms with van der Waals surface area (Å²) >= 11 is 5.91. The van der Waals surface area contributed by atoms with Crippen molar-refractivity contribution in [3.8, 4) is 16.9 Å². The monoisotopic (exact) mass is 272 g/mol. The number of aromatic hydroxyl groups is 1. The molecule has 0 fully saturated rings. The number of alkyl halides is 3. The van der Waals surface area contributed by atoms with Crippen LogP contribution in [0.15, 0.2) is 42.5 Å². The van der Waals surface area contributed by atoms with Crippen molar-refractivity contribution in [2.24, 2.45) is 0 Å². The molecule has 0 saturated heterocycles. The highest BCUT2D eigenvalue weighted by molar-refractivity contribution is 6.33. The number of phenols is 1. The van der Waals surface area contributed by atoms with Crippen LogP contribution in [-0.4, -0.2) is 5.11 Å². The molecule has 2 aromatic rings. The molecule has 2 rings (SSSR count). The summed E-state index contributed by atoms with van der Waals surface area (Å²) in [7, 11) is 0. The molecule has 94 valence electrons. The molecule has 0 aliphatic rings. The van der Waals surface area contributed by atoms with E-state index in [0.717, 1.165) is 12.1 Å². The van der Waals surface area contributed by atoms with E-state index in [4.69, 9.17) is 11.6 Å². The maximum Gasteiger partial charge on any atom is 0.416 e. The Bertz CT molecular complexity index is 561. The molecule has 0 atom stereocenters. The van der Waals surface area contributed by atoms with Gasteiger partial charge in [0.1, 0.15) is 5.75 Å². The number of hydrogen-bond donors (Lipinski definition) is 1. The van der Waals surface area contributed by atoms with E-state index in [0.29, 0.717) is 11.1 Å². The minimum absolute atomic E-state index is 0.00987. The number of halogens is 4. The predicted octanol–water partition coefficient (Wildman–Crippen LogP) is 4.73. The van der Waals surface area contributed by atoms with Crippen LogP contribution in [0, 0.1) is 0 Å². The second-order valence-electron chi connectivity index (χ2n) is 3.74. The minimum Gasteiger partial charge on any atom is -0.508 e. The molecule has 0 amide bonds. The molecule has 1 nitrogen and oxygen atoms in total. The molecule has 0 aromatic heterocycles. The third-order valence-electron chi connectivity index (χ3n) is 2.48. The Morgan fingerprint density at radius 1 is 0.944 bits per heavy atom. The van der Waals surface area contributed by atoms with E-state index in [1.54, 1.807) is 6.07 Å². The topological polar surface area (TPSA) is 20.2 Å². The van der Waals surface area contributed by atoms with Crippen molar-refractivity contribution in [2.75, 3.05) is 0 Å². The summed E-state index contributed by atoms with van der Waals surface area (Å²) in [5.41, 5.74) is 0.428. The highest BCUT2D eigenvalue weighted by atomic mass is 35.5. The van der Waals surface area contributed by atoms with Gasteiger partial charge in [0.2, 0.25) is 0 Å². The van der Waals surface area contributed by atoms with E-state index in [1.165, 1.54) is 24.3 Å². The van der Waals surface area contributed by atoms with Crippen LogP contribution >= 0.6 is 11.6 Å². The Morgan fingerprint density at radius 2 is 1.56 bits per heavy atom. The molecule has 5 heteroatoms. The van der Waals surface area contributed by atoms with Gasteiger partial charge in [0, 0.05) is 5.56 Å². The first-order chi connectivity index (χ1) is 8.38. The van der Waals surface area contributed by atoms with Gasteiger partial charge in [0.05, 0.1) is 10.6 Å². The van der Waals surface area contributed by atoms with Crippen molar-refractivity contribution < 1.29 is 18.3 Å². The fourth-order valence-corrected chi connectivity index (χ4v) is 1.86. The van der Waals surface area contributed by atoms with E-state index in [2.05, 4.69) is 0 Å². The SMILES string of the molecule is Oc1ccc(-c2ccc(C(F)(F)F)cc2)c(Cl)c1. The largest absolute Gasteiger partial charge is 0.508 e. The average molecular weight is 273 g/mol. The van der Waals surface area contributed by atoms with Crippen molar-refractivity contribution >= 4 is 11.6 Å². The Labute approximate surface area is 106 Å². The average Bonchev–Trinajstić information content (AvgIpc) is 2.28. The molecule has 0 spiro atoms. The summed E-state index contributed by atoms with van der Waals surface area (Å²) in [5, 5.41) is 9.49. The standard InChI is InChI=1S/C13H8ClF3O/c14-12-7-10(18)5-6-11(12)8-1-3-9(4-2-8)13(15,16)17/h1-7,18H. The van der Waals surface area contributed by atoms with Gasteiger partial charge >= 0.3 is 6.18 Å². The number of benzene rings is 2. The van der Waals surface area contributed by atoms with E-state index in [1.807, 2.05) is 0 Å². The van der Waals surface area contributed by atoms with Crippen LogP contribution in [0.4, 0.5) is 13.2 Å². The van der Waals surface area contributed by atoms with Crippen molar-refractivity contribution in [3.05, 3.63) is 53.1 Å². The summed E-state index contributed by atoms with van der Waals surface area (Å²) in [6.07, 6.45) is -4.35. The lowest BCUT2D eigenvalue weighted by Crippen LogP contribution is -2.03. The van der Waals surface area contributed by atoms with Gasteiger partial charge in [-0.05, 0) is 35.9 Å². The highest BCUT2D eigenvalue weighted by Gasteiger charge is 2.29. The Kier molecular flexibility index (Phi) is 3.22. The normalized spacial score (nSPS) is 11.6. The van der Waals surface area contributed by atoms with E-state index in [9.17, 15) is 18.3 Å². The van der Waals surface area contributed by atoms with Gasteiger partial charge in [-0.15, -0.1) is 0 Å². The van der Waals surface area contributed by atoms with Crippen molar-refractivity contribution in [1.82, 2.24) is 0 Å². The fraction of sp³-hybridized carbons (Fsp3) is 0.0769. The second-order valence-corrected chi connectivity index (χ2v) is 4.15. The Balaban J connectivity index is 2.41. The first-order valence-electron chi connectivity index (χ1n) is 5.04. The first-order valence-corrected chi connectivity index (χ1v) is 5.42. The smallest absolute Gasteiger partial charge is 0.416 e. The molecule has 0 bridgehead atoms. The molecule has 0 aliphatic heterocycles. The van der Waals surface area contributed by atoms with Gasteiger partial charge in [-0.2, -0.15) is 13.2 Å². The predicted molar refractivity (Wildman–Crippen MR) is 63.6 cm³/mol. The number of hydrogen-bond acceptors (Lipinski definition) is 1. The summed E-state index contributed by atoms with van der Waals surface area (Å²) in [6.45, 7) is 0. The maximum absolute atomic E-state index is 12.4. The summed E-state index contributed by atoms with van der Waals surface area (Å²) in [6, 6.07) is 9.02. The fourth-order valence-electron chi connectivity index (χ4n) is 1.58. The van der Waals surface area contributed by atoms with Gasteiger partial charge in [-0.1, -0.05) is 23.7 Å². The van der Waals surface area contributed by atoms with Crippen LogP contribution in [0.3, 0.4) is 0 Å². The lowest BCUT2D eigenvalue weighted by molar-refractivity contribution is -0.137. The van der Waals surface area contributed by atoms with Crippen LogP contribution in [0.5, 0.6) is 5.75 Å². The summed E-state index contributed by atoms with van der Waals surface area (Å²) in [5.74, 6) is 0.00987. The van der Waals surface area contributed by atoms with Crippen LogP contribution < -0.4 is 0 Å². The first kappa shape index (κ1) is 12.8. The van der Waals surface area contributed by atoms with Crippen LogP contribution in [0.2, 0.25) is 5.02 Å². The second kappa shape index (κ2) is 4.53. The molecule has 1 N–H and O–H groups in total. The van der Waals surface area contributed by atoms with Crippen LogP contribution in [-0.2, 0) is 6.18 Å². The molecular formula is C13H8ClF3O. The van der Waals surface area contributed by atoms with Gasteiger partial charge < -0.3 is 5.11 Å². The van der Waals surface area contributed by atoms with Crippen molar-refractivity contribution in [3.63, 3.8) is 0 Å². The quantitative estimate of drug-likeness (QED) is 0.795. The van der Waals surface area contributed by atoms with Gasteiger partial charge in [-0.3, -0.25) is 0 Å². The van der Waals surface area contributed by atoms with Crippen LogP contribution in [0.25, 0.3) is 11.1 Å². The lowest BCUT2D eigenvalue weighted by Gasteiger charge is -2.09. The number of phenolic OH excluding ortho intramolecular Hbond substituents is 1. The summed E-state index contributed by atoms with van der Waals surface area (Å²) in [4.78, 5) is 0. The molecule has 18 heavy (non-hydrogen) atoms. The van der Waals surface area contributed by atoms with E-state index in [-0.39, 0.29) is 10.8 Å². The van der Waals surface area contributed by atoms with Gasteiger partial charge in [0.25, 0.3) is 0 Å². The van der Waals surface area contributed by atoms with Crippen molar-refractivity contribution in [1.29, 1.82) is 0 Å². The van der Waals surface area contributed by atoms with Gasteiger partial charge in [0.15, 0.2) is 0 Å². The Hall–Kier alpha value is -1.68. The third-order valence-corrected chi connectivity index (χ3v) is 2.79. The molecule has 0 aliphatic carbocycles. The maximum atomic E-state index is 12.4. The van der Waals surface area contributed by atoms with E-state index < -0.39 is 11.7 Å². The van der Waals surface area contributed by atoms with Crippen LogP contribution in [0.1, 0.15) is 5.56 Å². The molecule has 0 radical (unpaired) electrons.